The third kappa shape index (κ3) is 9.81. The van der Waals surface area contributed by atoms with Crippen molar-refractivity contribution in [3.63, 3.8) is 0 Å². The number of anilines is 1. The number of hydrogen-bond donors (Lipinski definition) is 1. The van der Waals surface area contributed by atoms with Crippen LogP contribution in [0.1, 0.15) is 97.0 Å². The molecular weight excluding hydrogens is 443 g/mol. The molecule has 0 bridgehead atoms. The van der Waals surface area contributed by atoms with E-state index >= 15 is 0 Å². The summed E-state index contributed by atoms with van der Waals surface area (Å²) in [7, 11) is 1.72. The Morgan fingerprint density at radius 2 is 1.74 bits per heavy atom. The fourth-order valence-electron chi connectivity index (χ4n) is 4.83. The van der Waals surface area contributed by atoms with Gasteiger partial charge >= 0.3 is 0 Å². The van der Waals surface area contributed by atoms with E-state index < -0.39 is 0 Å². The van der Waals surface area contributed by atoms with Gasteiger partial charge < -0.3 is 10.1 Å². The maximum atomic E-state index is 13.4. The van der Waals surface area contributed by atoms with Gasteiger partial charge in [0, 0.05) is 37.8 Å². The van der Waals surface area contributed by atoms with Gasteiger partial charge in [-0.2, -0.15) is 0 Å². The summed E-state index contributed by atoms with van der Waals surface area (Å²) in [6.45, 7) is 11.0. The molecule has 0 spiro atoms. The van der Waals surface area contributed by atoms with E-state index in [-0.39, 0.29) is 5.82 Å². The second-order valence-corrected chi connectivity index (χ2v) is 10.9. The van der Waals surface area contributed by atoms with Crippen LogP contribution in [0.4, 0.5) is 10.1 Å². The number of hydrogen-bond acceptors (Lipinski definition) is 4. The lowest BCUT2D eigenvalue weighted by molar-refractivity contribution is 0.208. The summed E-state index contributed by atoms with van der Waals surface area (Å²) in [5.74, 6) is 3.19. The fourth-order valence-corrected chi connectivity index (χ4v) is 5.82. The van der Waals surface area contributed by atoms with Crippen LogP contribution in [0.3, 0.4) is 0 Å². The number of halogens is 1. The van der Waals surface area contributed by atoms with E-state index in [9.17, 15) is 4.39 Å². The van der Waals surface area contributed by atoms with Crippen molar-refractivity contribution in [1.29, 1.82) is 0 Å². The highest BCUT2D eigenvalue weighted by molar-refractivity contribution is 7.99. The van der Waals surface area contributed by atoms with E-state index in [0.29, 0.717) is 11.8 Å². The van der Waals surface area contributed by atoms with E-state index in [4.69, 9.17) is 4.74 Å². The summed E-state index contributed by atoms with van der Waals surface area (Å²) in [5.41, 5.74) is 4.97. The average molecular weight is 493 g/mol. The van der Waals surface area contributed by atoms with Crippen molar-refractivity contribution < 1.29 is 9.13 Å². The van der Waals surface area contributed by atoms with Gasteiger partial charge in [0.05, 0.1) is 11.8 Å². The smallest absolute Gasteiger partial charge is 0.146 e. The predicted octanol–water partition coefficient (Wildman–Crippen LogP) is 8.58. The van der Waals surface area contributed by atoms with Crippen molar-refractivity contribution in [2.24, 2.45) is 0 Å². The third-order valence-electron chi connectivity index (χ3n) is 6.63. The number of nitrogens with zero attached hydrogens (tertiary/aromatic N) is 1. The predicted molar refractivity (Wildman–Crippen MR) is 149 cm³/mol. The molecule has 0 atom stereocenters. The minimum Gasteiger partial charge on any atom is -0.490 e. The van der Waals surface area contributed by atoms with Gasteiger partial charge in [-0.05, 0) is 76.3 Å². The van der Waals surface area contributed by atoms with Crippen molar-refractivity contribution in [2.75, 3.05) is 37.1 Å². The number of aryl methyl sites for hydroxylation is 1. The molecule has 2 aliphatic carbocycles. The Bertz CT molecular complexity index is 740. The van der Waals surface area contributed by atoms with Gasteiger partial charge in [-0.3, -0.25) is 4.90 Å². The molecule has 0 amide bonds. The lowest BCUT2D eigenvalue weighted by Crippen LogP contribution is -2.23. The van der Waals surface area contributed by atoms with Crippen LogP contribution in [0.15, 0.2) is 23.3 Å². The first-order valence-corrected chi connectivity index (χ1v) is 14.8. The molecule has 194 valence electrons. The number of thioether (sulfide) groups is 1. The minimum absolute atomic E-state index is 0.223. The second kappa shape index (κ2) is 16.5. The van der Waals surface area contributed by atoms with Gasteiger partial charge in [0.25, 0.3) is 0 Å². The molecule has 5 heteroatoms. The first-order valence-electron chi connectivity index (χ1n) is 13.7. The topological polar surface area (TPSA) is 24.5 Å². The normalized spacial score (nSPS) is 18.8. The maximum Gasteiger partial charge on any atom is 0.146 e. The van der Waals surface area contributed by atoms with Crippen molar-refractivity contribution in [1.82, 2.24) is 4.90 Å². The summed E-state index contributed by atoms with van der Waals surface area (Å²) in [6, 6.07) is 3.28. The highest BCUT2D eigenvalue weighted by Gasteiger charge is 2.19. The van der Waals surface area contributed by atoms with Gasteiger partial charge in [-0.15, -0.1) is 11.8 Å². The SMILES string of the molecule is CCC.CCCC1=C(CN2CCSC2)CCCC1.CNc1cc(OC2CCCC2)c(C)cc1F. The molecule has 34 heavy (non-hydrogen) atoms. The third-order valence-corrected chi connectivity index (χ3v) is 7.65. The monoisotopic (exact) mass is 492 g/mol. The first kappa shape index (κ1) is 29.0. The molecule has 1 aromatic carbocycles. The molecule has 1 aromatic rings. The van der Waals surface area contributed by atoms with Gasteiger partial charge in [0.15, 0.2) is 0 Å². The summed E-state index contributed by atoms with van der Waals surface area (Å²) in [4.78, 5) is 2.63. The van der Waals surface area contributed by atoms with Gasteiger partial charge in [-0.1, -0.05) is 44.8 Å². The summed E-state index contributed by atoms with van der Waals surface area (Å²) in [6.07, 6.45) is 14.6. The molecule has 0 aromatic heterocycles. The fraction of sp³-hybridized carbons (Fsp3) is 0.724. The number of nitrogens with one attached hydrogen (secondary N) is 1. The van der Waals surface area contributed by atoms with Crippen LogP contribution in [0.25, 0.3) is 0 Å². The molecule has 4 rings (SSSR count). The molecule has 1 saturated heterocycles. The molecule has 0 unspecified atom stereocenters. The maximum absolute atomic E-state index is 13.4. The van der Waals surface area contributed by atoms with E-state index in [2.05, 4.69) is 42.7 Å². The second-order valence-electron chi connectivity index (χ2n) is 9.83. The first-order chi connectivity index (χ1) is 16.5. The Labute approximate surface area is 213 Å². The number of benzene rings is 1. The van der Waals surface area contributed by atoms with Crippen LogP contribution in [0, 0.1) is 12.7 Å². The summed E-state index contributed by atoms with van der Waals surface area (Å²) in [5, 5.41) is 2.83. The van der Waals surface area contributed by atoms with Crippen LogP contribution in [0.5, 0.6) is 5.75 Å². The van der Waals surface area contributed by atoms with E-state index in [1.54, 1.807) is 24.3 Å². The zero-order chi connectivity index (χ0) is 24.8. The van der Waals surface area contributed by atoms with Crippen LogP contribution in [-0.4, -0.2) is 42.8 Å². The number of ether oxygens (including phenoxy) is 1. The average Bonchev–Trinajstić information content (AvgIpc) is 3.53. The van der Waals surface area contributed by atoms with Crippen LogP contribution in [-0.2, 0) is 0 Å². The number of allylic oxidation sites excluding steroid dienone is 1. The Morgan fingerprint density at radius 3 is 2.32 bits per heavy atom. The molecule has 1 aliphatic heterocycles. The molecule has 0 radical (unpaired) electrons. The molecule has 1 saturated carbocycles. The Kier molecular flexibility index (Phi) is 14.1. The molecule has 3 aliphatic rings. The minimum atomic E-state index is -0.223. The number of rotatable bonds is 7. The Hall–Kier alpha value is -1.20. The molecule has 1 heterocycles. The zero-order valence-corrected chi connectivity index (χ0v) is 23.3. The van der Waals surface area contributed by atoms with Crippen molar-refractivity contribution in [2.45, 2.75) is 104 Å². The molecule has 2 fully saturated rings. The molecule has 3 nitrogen and oxygen atoms in total. The van der Waals surface area contributed by atoms with Crippen LogP contribution < -0.4 is 10.1 Å². The van der Waals surface area contributed by atoms with Crippen molar-refractivity contribution in [3.8, 4) is 5.75 Å². The van der Waals surface area contributed by atoms with Crippen LogP contribution in [0.2, 0.25) is 0 Å². The highest BCUT2D eigenvalue weighted by atomic mass is 32.2. The van der Waals surface area contributed by atoms with Gasteiger partial charge in [0.2, 0.25) is 0 Å². The zero-order valence-electron chi connectivity index (χ0n) is 22.5. The largest absolute Gasteiger partial charge is 0.490 e. The Morgan fingerprint density at radius 1 is 1.06 bits per heavy atom. The lowest BCUT2D eigenvalue weighted by atomic mass is 9.89. The van der Waals surface area contributed by atoms with Gasteiger partial charge in [-0.25, -0.2) is 4.39 Å². The van der Waals surface area contributed by atoms with Crippen molar-refractivity contribution >= 4 is 17.4 Å². The van der Waals surface area contributed by atoms with E-state index in [1.165, 1.54) is 88.6 Å². The van der Waals surface area contributed by atoms with Crippen LogP contribution >= 0.6 is 11.8 Å². The van der Waals surface area contributed by atoms with E-state index in [0.717, 1.165) is 24.2 Å². The Balaban J connectivity index is 0.000000216. The summed E-state index contributed by atoms with van der Waals surface area (Å²) >= 11 is 2.09. The summed E-state index contributed by atoms with van der Waals surface area (Å²) < 4.78 is 19.3. The lowest BCUT2D eigenvalue weighted by Gasteiger charge is -2.24. The highest BCUT2D eigenvalue weighted by Crippen LogP contribution is 2.31. The van der Waals surface area contributed by atoms with E-state index in [1.807, 2.05) is 6.92 Å². The molecular formula is C29H49FN2OS. The van der Waals surface area contributed by atoms with Crippen molar-refractivity contribution in [3.05, 3.63) is 34.7 Å². The standard InChI is InChI=1S/C13H18FNO.C13H23NS.C3H8/c1-9-7-11(14)12(15-2)8-13(9)16-10-5-3-4-6-10;1-2-5-12-6-3-4-7-13(12)10-14-8-9-15-11-14;1-3-2/h7-8,10,15H,3-6H2,1-2H3;2-11H2,1H3;3H2,1-2H3. The molecule has 1 N–H and O–H groups in total. The quantitative estimate of drug-likeness (QED) is 0.385. The van der Waals surface area contributed by atoms with Gasteiger partial charge in [0.1, 0.15) is 11.6 Å².